The number of nitrogens with two attached hydrogens (primary N) is 1. The number of fused-ring (bicyclic) bond motifs is 1. The van der Waals surface area contributed by atoms with Gasteiger partial charge in [-0.2, -0.15) is 0 Å². The second-order valence-electron chi connectivity index (χ2n) is 5.04. The smallest absolute Gasteiger partial charge is 0.127 e. The molecule has 2 N–H and O–H groups in total. The van der Waals surface area contributed by atoms with Crippen LogP contribution in [0.15, 0.2) is 4.60 Å². The molecular weight excluding hydrogens is 254 g/mol. The van der Waals surface area contributed by atoms with Crippen molar-refractivity contribution < 1.29 is 0 Å². The predicted molar refractivity (Wildman–Crippen MR) is 64.8 cm³/mol. The van der Waals surface area contributed by atoms with Gasteiger partial charge in [-0.3, -0.25) is 0 Å². The molecule has 1 aliphatic heterocycles. The summed E-state index contributed by atoms with van der Waals surface area (Å²) in [5.41, 5.74) is 7.21. The van der Waals surface area contributed by atoms with Crippen LogP contribution in [-0.4, -0.2) is 15.1 Å². The van der Waals surface area contributed by atoms with Crippen LogP contribution in [0.1, 0.15) is 38.2 Å². The highest BCUT2D eigenvalue weighted by atomic mass is 79.9. The third-order valence-electron chi connectivity index (χ3n) is 2.76. The van der Waals surface area contributed by atoms with Crippen molar-refractivity contribution >= 4 is 15.9 Å². The van der Waals surface area contributed by atoms with Crippen LogP contribution in [0.5, 0.6) is 0 Å². The van der Waals surface area contributed by atoms with E-state index in [1.54, 1.807) is 0 Å². The quantitative estimate of drug-likeness (QED) is 0.897. The largest absolute Gasteiger partial charge is 0.331 e. The molecule has 84 valence electrons. The minimum absolute atomic E-state index is 0.182. The van der Waals surface area contributed by atoms with E-state index in [0.717, 1.165) is 29.8 Å². The first-order chi connectivity index (χ1) is 6.97. The Morgan fingerprint density at radius 2 is 2.20 bits per heavy atom. The average Bonchev–Trinajstić information content (AvgIpc) is 2.42. The molecule has 0 aliphatic carbocycles. The third-order valence-corrected chi connectivity index (χ3v) is 3.40. The molecule has 0 spiro atoms. The van der Waals surface area contributed by atoms with Crippen LogP contribution in [-0.2, 0) is 19.4 Å². The van der Waals surface area contributed by atoms with Gasteiger partial charge < -0.3 is 10.3 Å². The van der Waals surface area contributed by atoms with Gasteiger partial charge in [-0.25, -0.2) is 4.98 Å². The van der Waals surface area contributed by atoms with E-state index in [0.29, 0.717) is 0 Å². The van der Waals surface area contributed by atoms with Crippen molar-refractivity contribution in [1.82, 2.24) is 9.55 Å². The predicted octanol–water partition coefficient (Wildman–Crippen LogP) is 2.26. The molecule has 0 unspecified atom stereocenters. The minimum Gasteiger partial charge on any atom is -0.331 e. The second-order valence-corrected chi connectivity index (χ2v) is 5.79. The fraction of sp³-hybridized carbons (Fsp3) is 0.727. The molecular formula is C11H18BrN3. The van der Waals surface area contributed by atoms with Crippen molar-refractivity contribution in [3.8, 4) is 0 Å². The Morgan fingerprint density at radius 3 is 2.87 bits per heavy atom. The first-order valence-corrected chi connectivity index (χ1v) is 6.29. The molecule has 1 aromatic rings. The monoisotopic (exact) mass is 271 g/mol. The Hall–Kier alpha value is -0.350. The number of hydrogen-bond donors (Lipinski definition) is 1. The minimum atomic E-state index is -0.182. The molecule has 2 heterocycles. The van der Waals surface area contributed by atoms with Crippen LogP contribution in [0.2, 0.25) is 0 Å². The fourth-order valence-corrected chi connectivity index (χ4v) is 2.73. The van der Waals surface area contributed by atoms with E-state index in [-0.39, 0.29) is 5.54 Å². The van der Waals surface area contributed by atoms with Crippen LogP contribution in [0.25, 0.3) is 0 Å². The molecule has 4 heteroatoms. The molecule has 0 aromatic carbocycles. The lowest BCUT2D eigenvalue weighted by Gasteiger charge is -2.21. The van der Waals surface area contributed by atoms with Gasteiger partial charge in [0.25, 0.3) is 0 Å². The lowest BCUT2D eigenvalue weighted by atomic mass is 10.0. The van der Waals surface area contributed by atoms with E-state index < -0.39 is 0 Å². The molecule has 0 saturated heterocycles. The molecule has 0 bridgehead atoms. The maximum Gasteiger partial charge on any atom is 0.127 e. The van der Waals surface area contributed by atoms with Gasteiger partial charge in [0.2, 0.25) is 0 Å². The first-order valence-electron chi connectivity index (χ1n) is 5.50. The molecule has 0 atom stereocenters. The summed E-state index contributed by atoms with van der Waals surface area (Å²) < 4.78 is 3.35. The zero-order valence-electron chi connectivity index (χ0n) is 9.39. The molecule has 2 rings (SSSR count). The molecule has 0 saturated carbocycles. The highest BCUT2D eigenvalue weighted by Crippen LogP contribution is 2.26. The third kappa shape index (κ3) is 2.42. The van der Waals surface area contributed by atoms with Crippen molar-refractivity contribution in [2.24, 2.45) is 5.73 Å². The Bertz CT molecular complexity index is 363. The molecule has 3 nitrogen and oxygen atoms in total. The summed E-state index contributed by atoms with van der Waals surface area (Å²) in [5.74, 6) is 1.13. The number of aromatic nitrogens is 2. The topological polar surface area (TPSA) is 43.8 Å². The zero-order chi connectivity index (χ0) is 11.1. The van der Waals surface area contributed by atoms with Gasteiger partial charge in [0.05, 0.1) is 5.69 Å². The summed E-state index contributed by atoms with van der Waals surface area (Å²) >= 11 is 3.54. The van der Waals surface area contributed by atoms with Crippen molar-refractivity contribution in [3.05, 3.63) is 16.1 Å². The van der Waals surface area contributed by atoms with Crippen LogP contribution >= 0.6 is 15.9 Å². The molecule has 0 radical (unpaired) electrons. The van der Waals surface area contributed by atoms with E-state index >= 15 is 0 Å². The van der Waals surface area contributed by atoms with E-state index in [4.69, 9.17) is 5.73 Å². The van der Waals surface area contributed by atoms with Crippen molar-refractivity contribution in [2.45, 2.75) is 51.6 Å². The van der Waals surface area contributed by atoms with Crippen LogP contribution in [0, 0.1) is 0 Å². The Kier molecular flexibility index (Phi) is 2.90. The summed E-state index contributed by atoms with van der Waals surface area (Å²) in [4.78, 5) is 4.58. The van der Waals surface area contributed by atoms with E-state index in [1.807, 2.05) is 13.8 Å². The summed E-state index contributed by atoms with van der Waals surface area (Å²) in [6.45, 7) is 5.19. The molecule has 1 aromatic heterocycles. The second kappa shape index (κ2) is 3.91. The van der Waals surface area contributed by atoms with E-state index in [9.17, 15) is 0 Å². The average molecular weight is 272 g/mol. The number of halogens is 1. The van der Waals surface area contributed by atoms with Crippen LogP contribution < -0.4 is 5.73 Å². The van der Waals surface area contributed by atoms with Crippen LogP contribution in [0.4, 0.5) is 0 Å². The highest BCUT2D eigenvalue weighted by molar-refractivity contribution is 9.10. The molecule has 0 amide bonds. The fourth-order valence-electron chi connectivity index (χ4n) is 2.11. The van der Waals surface area contributed by atoms with Gasteiger partial charge in [0, 0.05) is 18.5 Å². The zero-order valence-corrected chi connectivity index (χ0v) is 11.0. The lowest BCUT2D eigenvalue weighted by Crippen LogP contribution is -2.35. The number of imidazole rings is 1. The Labute approximate surface area is 99.2 Å². The number of rotatable bonds is 2. The van der Waals surface area contributed by atoms with E-state index in [1.165, 1.54) is 18.5 Å². The highest BCUT2D eigenvalue weighted by Gasteiger charge is 2.22. The molecule has 1 aliphatic rings. The standard InChI is InChI=1S/C11H18BrN3/c1-11(2,13)7-9-14-10(12)8-5-3-4-6-15(8)9/h3-7,13H2,1-2H3. The maximum atomic E-state index is 6.04. The van der Waals surface area contributed by atoms with Gasteiger partial charge in [0.15, 0.2) is 0 Å². The van der Waals surface area contributed by atoms with Gasteiger partial charge in [0.1, 0.15) is 10.4 Å². The van der Waals surface area contributed by atoms with Crippen LogP contribution in [0.3, 0.4) is 0 Å². The first kappa shape index (κ1) is 11.1. The summed E-state index contributed by atoms with van der Waals surface area (Å²) in [7, 11) is 0. The lowest BCUT2D eigenvalue weighted by molar-refractivity contribution is 0.459. The number of hydrogen-bond acceptors (Lipinski definition) is 2. The van der Waals surface area contributed by atoms with Crippen molar-refractivity contribution in [3.63, 3.8) is 0 Å². The molecule has 15 heavy (non-hydrogen) atoms. The Morgan fingerprint density at radius 1 is 1.47 bits per heavy atom. The van der Waals surface area contributed by atoms with Gasteiger partial charge in [-0.05, 0) is 49.0 Å². The van der Waals surface area contributed by atoms with Crippen molar-refractivity contribution in [2.75, 3.05) is 0 Å². The summed E-state index contributed by atoms with van der Waals surface area (Å²) in [6, 6.07) is 0. The van der Waals surface area contributed by atoms with E-state index in [2.05, 4.69) is 25.5 Å². The SMILES string of the molecule is CC(C)(N)Cc1nc(Br)c2n1CCCC2. The summed E-state index contributed by atoms with van der Waals surface area (Å²) in [5, 5.41) is 0. The Balaban J connectivity index is 2.32. The van der Waals surface area contributed by atoms with Gasteiger partial charge in [-0.15, -0.1) is 0 Å². The van der Waals surface area contributed by atoms with Gasteiger partial charge >= 0.3 is 0 Å². The van der Waals surface area contributed by atoms with Gasteiger partial charge in [-0.1, -0.05) is 0 Å². The number of nitrogens with zero attached hydrogens (tertiary/aromatic N) is 2. The maximum absolute atomic E-state index is 6.04. The summed E-state index contributed by atoms with van der Waals surface area (Å²) in [6.07, 6.45) is 4.51. The van der Waals surface area contributed by atoms with Crippen molar-refractivity contribution in [1.29, 1.82) is 0 Å². The molecule has 0 fully saturated rings. The normalized spacial score (nSPS) is 16.5.